The maximum absolute atomic E-state index is 12.1. The third-order valence-corrected chi connectivity index (χ3v) is 4.62. The normalized spacial score (nSPS) is 10.3. The fourth-order valence-electron chi connectivity index (χ4n) is 3.02. The molecule has 0 saturated carbocycles. The zero-order chi connectivity index (χ0) is 22.6. The number of benzene rings is 2. The maximum atomic E-state index is 12.1. The third kappa shape index (κ3) is 7.18. The van der Waals surface area contributed by atoms with Crippen molar-refractivity contribution >= 4 is 23.2 Å². The van der Waals surface area contributed by atoms with Gasteiger partial charge < -0.3 is 10.6 Å². The van der Waals surface area contributed by atoms with E-state index in [9.17, 15) is 29.8 Å². The molecule has 10 nitrogen and oxygen atoms in total. The molecular formula is C21H24N4O6. The summed E-state index contributed by atoms with van der Waals surface area (Å²) in [4.78, 5) is 45.0. The van der Waals surface area contributed by atoms with E-state index in [-0.39, 0.29) is 22.5 Å². The quantitative estimate of drug-likeness (QED) is 0.300. The second kappa shape index (κ2) is 12.0. The van der Waals surface area contributed by atoms with Crippen molar-refractivity contribution in [3.63, 3.8) is 0 Å². The van der Waals surface area contributed by atoms with Crippen LogP contribution in [0.4, 0.5) is 11.4 Å². The molecule has 0 unspecified atom stereocenters. The molecule has 0 fully saturated rings. The molecule has 10 heteroatoms. The van der Waals surface area contributed by atoms with Crippen LogP contribution in [0.2, 0.25) is 0 Å². The van der Waals surface area contributed by atoms with E-state index >= 15 is 0 Å². The topological polar surface area (TPSA) is 144 Å². The van der Waals surface area contributed by atoms with Crippen LogP contribution in [0, 0.1) is 20.2 Å². The number of hydrogen-bond acceptors (Lipinski definition) is 6. The first-order valence-corrected chi connectivity index (χ1v) is 9.95. The summed E-state index contributed by atoms with van der Waals surface area (Å²) in [5, 5.41) is 27.3. The van der Waals surface area contributed by atoms with Crippen molar-refractivity contribution in [2.75, 3.05) is 13.1 Å². The van der Waals surface area contributed by atoms with E-state index in [0.29, 0.717) is 13.1 Å². The highest BCUT2D eigenvalue weighted by Gasteiger charge is 2.19. The number of unbranched alkanes of at least 4 members (excludes halogenated alkanes) is 4. The summed E-state index contributed by atoms with van der Waals surface area (Å²) in [6.45, 7) is 0.832. The van der Waals surface area contributed by atoms with E-state index < -0.39 is 21.7 Å². The minimum absolute atomic E-state index is 0.0434. The fourth-order valence-corrected chi connectivity index (χ4v) is 3.02. The molecule has 0 spiro atoms. The van der Waals surface area contributed by atoms with Gasteiger partial charge in [-0.15, -0.1) is 0 Å². The van der Waals surface area contributed by atoms with Crippen molar-refractivity contribution in [1.82, 2.24) is 10.6 Å². The summed E-state index contributed by atoms with van der Waals surface area (Å²) in [6.07, 6.45) is 4.07. The van der Waals surface area contributed by atoms with Gasteiger partial charge in [-0.1, -0.05) is 43.5 Å². The van der Waals surface area contributed by atoms with Gasteiger partial charge in [0.25, 0.3) is 23.2 Å². The molecule has 0 aliphatic rings. The Balaban J connectivity index is 1.59. The summed E-state index contributed by atoms with van der Waals surface area (Å²) in [5.41, 5.74) is -0.352. The molecule has 31 heavy (non-hydrogen) atoms. The van der Waals surface area contributed by atoms with E-state index in [1.165, 1.54) is 36.4 Å². The number of carbonyl (C=O) groups is 2. The van der Waals surface area contributed by atoms with Crippen LogP contribution in [-0.4, -0.2) is 34.8 Å². The molecule has 0 aliphatic carbocycles. The molecule has 0 saturated heterocycles. The first-order valence-electron chi connectivity index (χ1n) is 9.95. The summed E-state index contributed by atoms with van der Waals surface area (Å²) in [7, 11) is 0. The first kappa shape index (κ1) is 23.5. The Morgan fingerprint density at radius 1 is 0.645 bits per heavy atom. The molecule has 2 rings (SSSR count). The number of nitro benzene ring substituents is 2. The highest BCUT2D eigenvalue weighted by atomic mass is 16.6. The number of nitrogens with one attached hydrogen (secondary N) is 2. The van der Waals surface area contributed by atoms with Crippen LogP contribution in [0.3, 0.4) is 0 Å². The van der Waals surface area contributed by atoms with Crippen LogP contribution < -0.4 is 10.6 Å². The van der Waals surface area contributed by atoms with Gasteiger partial charge in [-0.2, -0.15) is 0 Å². The van der Waals surface area contributed by atoms with Gasteiger partial charge in [0, 0.05) is 25.2 Å². The molecule has 0 radical (unpaired) electrons. The molecule has 0 aliphatic heterocycles. The Morgan fingerprint density at radius 3 is 1.39 bits per heavy atom. The summed E-state index contributed by atoms with van der Waals surface area (Å²) in [5.74, 6) is -0.935. The molecule has 0 bridgehead atoms. The van der Waals surface area contributed by atoms with Crippen LogP contribution in [0.15, 0.2) is 48.5 Å². The predicted octanol–water partition coefficient (Wildman–Crippen LogP) is 3.61. The zero-order valence-corrected chi connectivity index (χ0v) is 16.9. The minimum atomic E-state index is -0.580. The second-order valence-electron chi connectivity index (χ2n) is 6.83. The van der Waals surface area contributed by atoms with Crippen molar-refractivity contribution in [2.45, 2.75) is 32.1 Å². The molecule has 2 N–H and O–H groups in total. The van der Waals surface area contributed by atoms with Gasteiger partial charge in [0.2, 0.25) is 0 Å². The van der Waals surface area contributed by atoms with Crippen molar-refractivity contribution < 1.29 is 19.4 Å². The van der Waals surface area contributed by atoms with Crippen molar-refractivity contribution in [1.29, 1.82) is 0 Å². The van der Waals surface area contributed by atoms with Gasteiger partial charge in [0.15, 0.2) is 0 Å². The summed E-state index contributed by atoms with van der Waals surface area (Å²) >= 11 is 0. The maximum Gasteiger partial charge on any atom is 0.282 e. The number of nitro groups is 2. The van der Waals surface area contributed by atoms with Gasteiger partial charge in [-0.05, 0) is 25.0 Å². The van der Waals surface area contributed by atoms with E-state index in [0.717, 1.165) is 32.1 Å². The molecule has 2 amide bonds. The average Bonchev–Trinajstić information content (AvgIpc) is 2.77. The van der Waals surface area contributed by atoms with Crippen LogP contribution in [0.1, 0.15) is 52.8 Å². The van der Waals surface area contributed by atoms with E-state index in [1.54, 1.807) is 12.1 Å². The summed E-state index contributed by atoms with van der Waals surface area (Å²) < 4.78 is 0. The SMILES string of the molecule is O=C(NCCCCCCCNC(=O)c1ccccc1[N+](=O)[O-])c1ccccc1[N+](=O)[O-]. The molecule has 0 atom stereocenters. The van der Waals surface area contributed by atoms with Gasteiger partial charge in [-0.3, -0.25) is 29.8 Å². The number of hydrogen-bond donors (Lipinski definition) is 2. The Labute approximate surface area is 179 Å². The van der Waals surface area contributed by atoms with Gasteiger partial charge in [0.1, 0.15) is 11.1 Å². The molecule has 2 aromatic carbocycles. The molecule has 164 valence electrons. The standard InChI is InChI=1S/C21H24N4O6/c26-20(16-10-4-6-12-18(16)24(28)29)22-14-8-2-1-3-9-15-23-21(27)17-11-5-7-13-19(17)25(30)31/h4-7,10-13H,1-3,8-9,14-15H2,(H,22,26)(H,23,27). The minimum Gasteiger partial charge on any atom is -0.352 e. The number of amides is 2. The van der Waals surface area contributed by atoms with E-state index in [1.807, 2.05) is 0 Å². The lowest BCUT2D eigenvalue weighted by Gasteiger charge is -2.07. The Kier molecular flexibility index (Phi) is 9.09. The number of carbonyl (C=O) groups excluding carboxylic acids is 2. The van der Waals surface area contributed by atoms with Gasteiger partial charge in [-0.25, -0.2) is 0 Å². The Bertz CT molecular complexity index is 871. The highest BCUT2D eigenvalue weighted by molar-refractivity contribution is 5.98. The van der Waals surface area contributed by atoms with Gasteiger partial charge in [0.05, 0.1) is 9.85 Å². The number of nitrogens with zero attached hydrogens (tertiary/aromatic N) is 2. The number of rotatable bonds is 12. The third-order valence-electron chi connectivity index (χ3n) is 4.62. The molecular weight excluding hydrogens is 404 g/mol. The van der Waals surface area contributed by atoms with Crippen LogP contribution in [0.5, 0.6) is 0 Å². The highest BCUT2D eigenvalue weighted by Crippen LogP contribution is 2.18. The molecule has 0 aromatic heterocycles. The summed E-state index contributed by atoms with van der Waals surface area (Å²) in [6, 6.07) is 11.6. The van der Waals surface area contributed by atoms with Crippen molar-refractivity contribution in [2.24, 2.45) is 0 Å². The van der Waals surface area contributed by atoms with E-state index in [4.69, 9.17) is 0 Å². The molecule has 2 aromatic rings. The predicted molar refractivity (Wildman–Crippen MR) is 114 cm³/mol. The fraction of sp³-hybridized carbons (Fsp3) is 0.333. The van der Waals surface area contributed by atoms with Crippen molar-refractivity contribution in [3.05, 3.63) is 79.9 Å². The van der Waals surface area contributed by atoms with Gasteiger partial charge >= 0.3 is 0 Å². The van der Waals surface area contributed by atoms with Crippen molar-refractivity contribution in [3.8, 4) is 0 Å². The lowest BCUT2D eigenvalue weighted by atomic mass is 10.1. The first-order chi connectivity index (χ1) is 14.9. The zero-order valence-electron chi connectivity index (χ0n) is 16.9. The molecule has 0 heterocycles. The lowest BCUT2D eigenvalue weighted by Crippen LogP contribution is -2.25. The lowest BCUT2D eigenvalue weighted by molar-refractivity contribution is -0.385. The second-order valence-corrected chi connectivity index (χ2v) is 6.83. The van der Waals surface area contributed by atoms with Crippen LogP contribution >= 0.6 is 0 Å². The largest absolute Gasteiger partial charge is 0.352 e. The smallest absolute Gasteiger partial charge is 0.282 e. The Morgan fingerprint density at radius 2 is 1.00 bits per heavy atom. The van der Waals surface area contributed by atoms with Crippen LogP contribution in [0.25, 0.3) is 0 Å². The monoisotopic (exact) mass is 428 g/mol. The Hall–Kier alpha value is -3.82. The van der Waals surface area contributed by atoms with E-state index in [2.05, 4.69) is 10.6 Å². The van der Waals surface area contributed by atoms with Crippen LogP contribution in [-0.2, 0) is 0 Å². The number of para-hydroxylation sites is 2. The average molecular weight is 428 g/mol.